The molecule has 98 valence electrons. The smallest absolute Gasteiger partial charge is 0.357 e. The Morgan fingerprint density at radius 1 is 1.42 bits per heavy atom. The fraction of sp³-hybridized carbons (Fsp3) is 0.143. The third-order valence-electron chi connectivity index (χ3n) is 2.32. The third kappa shape index (κ3) is 3.66. The van der Waals surface area contributed by atoms with Crippen LogP contribution in [0.15, 0.2) is 29.6 Å². The van der Waals surface area contributed by atoms with Crippen LogP contribution in [0, 0.1) is 0 Å². The molecule has 0 aliphatic rings. The minimum absolute atomic E-state index is 0.339. The summed E-state index contributed by atoms with van der Waals surface area (Å²) in [4.78, 5) is 15.7. The zero-order valence-corrected chi connectivity index (χ0v) is 11.9. The van der Waals surface area contributed by atoms with Crippen molar-refractivity contribution in [2.45, 2.75) is 6.92 Å². The van der Waals surface area contributed by atoms with Gasteiger partial charge in [0.2, 0.25) is 0 Å². The summed E-state index contributed by atoms with van der Waals surface area (Å²) in [5.74, 6) is -0.392. The van der Waals surface area contributed by atoms with E-state index in [4.69, 9.17) is 16.3 Å². The van der Waals surface area contributed by atoms with Crippen LogP contribution in [-0.4, -0.2) is 17.6 Å². The van der Waals surface area contributed by atoms with Gasteiger partial charge in [0.15, 0.2) is 5.69 Å². The largest absolute Gasteiger partial charge is 0.461 e. The van der Waals surface area contributed by atoms with Crippen molar-refractivity contribution in [3.8, 4) is 0 Å². The number of carbonyl (C=O) groups excluding carboxylic acids is 1. The monoisotopic (exact) mass is 293 g/mol. The topological polar surface area (TPSA) is 39.2 Å². The number of ether oxygens (including phenoxy) is 1. The number of esters is 1. The van der Waals surface area contributed by atoms with Gasteiger partial charge >= 0.3 is 5.97 Å². The van der Waals surface area contributed by atoms with Crippen molar-refractivity contribution in [3.63, 3.8) is 0 Å². The van der Waals surface area contributed by atoms with E-state index in [2.05, 4.69) is 4.98 Å². The van der Waals surface area contributed by atoms with Crippen LogP contribution in [0.3, 0.4) is 0 Å². The van der Waals surface area contributed by atoms with E-state index in [0.717, 1.165) is 10.6 Å². The first-order valence-electron chi connectivity index (χ1n) is 5.76. The minimum atomic E-state index is -0.392. The summed E-state index contributed by atoms with van der Waals surface area (Å²) in [5, 5.41) is 3.11. The molecule has 0 aliphatic carbocycles. The molecule has 5 heteroatoms. The van der Waals surface area contributed by atoms with E-state index >= 15 is 0 Å². The fourth-order valence-corrected chi connectivity index (χ4v) is 2.31. The number of nitrogens with zero attached hydrogens (tertiary/aromatic N) is 1. The van der Waals surface area contributed by atoms with Gasteiger partial charge in [-0.05, 0) is 24.6 Å². The highest BCUT2D eigenvalue weighted by molar-refractivity contribution is 7.10. The maximum absolute atomic E-state index is 11.5. The lowest BCUT2D eigenvalue weighted by Gasteiger charge is -1.96. The van der Waals surface area contributed by atoms with Crippen molar-refractivity contribution < 1.29 is 9.53 Å². The van der Waals surface area contributed by atoms with Crippen LogP contribution in [-0.2, 0) is 4.74 Å². The molecule has 2 aromatic rings. The van der Waals surface area contributed by atoms with Crippen LogP contribution in [0.25, 0.3) is 12.2 Å². The Bertz CT molecular complexity index is 607. The number of thiazole rings is 1. The number of halogens is 1. The molecule has 0 aliphatic heterocycles. The SMILES string of the molecule is CCOC(=O)c1csc(C=Cc2ccccc2Cl)n1. The molecule has 0 N–H and O–H groups in total. The maximum atomic E-state index is 11.5. The normalized spacial score (nSPS) is 10.8. The van der Waals surface area contributed by atoms with Crippen LogP contribution in [0.2, 0.25) is 5.02 Å². The highest BCUT2D eigenvalue weighted by Gasteiger charge is 2.09. The molecule has 0 spiro atoms. The Labute approximate surface area is 120 Å². The van der Waals surface area contributed by atoms with Gasteiger partial charge in [-0.3, -0.25) is 0 Å². The molecule has 1 aromatic carbocycles. The lowest BCUT2D eigenvalue weighted by molar-refractivity contribution is 0.0520. The van der Waals surface area contributed by atoms with Crippen LogP contribution in [0.4, 0.5) is 0 Å². The zero-order valence-electron chi connectivity index (χ0n) is 10.3. The predicted octanol–water partition coefficient (Wildman–Crippen LogP) is 4.14. The number of rotatable bonds is 4. The third-order valence-corrected chi connectivity index (χ3v) is 3.47. The molecule has 3 nitrogen and oxygen atoms in total. The van der Waals surface area contributed by atoms with E-state index in [-0.39, 0.29) is 0 Å². The fourth-order valence-electron chi connectivity index (χ4n) is 1.43. The molecule has 0 saturated heterocycles. The van der Waals surface area contributed by atoms with Crippen molar-refractivity contribution >= 4 is 41.1 Å². The summed E-state index contributed by atoms with van der Waals surface area (Å²) < 4.78 is 4.88. The molecular weight excluding hydrogens is 282 g/mol. The first-order valence-corrected chi connectivity index (χ1v) is 7.01. The Kier molecular flexibility index (Phi) is 4.71. The van der Waals surface area contributed by atoms with Crippen molar-refractivity contribution in [3.05, 3.63) is 50.9 Å². The summed E-state index contributed by atoms with van der Waals surface area (Å²) in [5.41, 5.74) is 1.25. The molecule has 0 saturated carbocycles. The Morgan fingerprint density at radius 2 is 2.21 bits per heavy atom. The van der Waals surface area contributed by atoms with Crippen molar-refractivity contribution in [2.24, 2.45) is 0 Å². The number of hydrogen-bond donors (Lipinski definition) is 0. The summed E-state index contributed by atoms with van der Waals surface area (Å²) in [6.07, 6.45) is 3.70. The molecule has 0 atom stereocenters. The van der Waals surface area contributed by atoms with E-state index in [1.54, 1.807) is 12.3 Å². The Morgan fingerprint density at radius 3 is 2.95 bits per heavy atom. The molecule has 0 radical (unpaired) electrons. The van der Waals surface area contributed by atoms with Gasteiger partial charge in [0.05, 0.1) is 6.61 Å². The number of benzene rings is 1. The minimum Gasteiger partial charge on any atom is -0.461 e. The van der Waals surface area contributed by atoms with Crippen molar-refractivity contribution in [1.82, 2.24) is 4.98 Å². The Balaban J connectivity index is 2.12. The number of carbonyl (C=O) groups is 1. The average Bonchev–Trinajstić information content (AvgIpc) is 2.87. The first-order chi connectivity index (χ1) is 9.20. The molecule has 1 aromatic heterocycles. The van der Waals surface area contributed by atoms with E-state index in [0.29, 0.717) is 17.3 Å². The molecule has 2 rings (SSSR count). The van der Waals surface area contributed by atoms with Crippen LogP contribution >= 0.6 is 22.9 Å². The lowest BCUT2D eigenvalue weighted by atomic mass is 10.2. The quantitative estimate of drug-likeness (QED) is 0.795. The first kappa shape index (κ1) is 13.8. The van der Waals surface area contributed by atoms with Crippen molar-refractivity contribution in [1.29, 1.82) is 0 Å². The predicted molar refractivity (Wildman–Crippen MR) is 78.5 cm³/mol. The second-order valence-corrected chi connectivity index (χ2v) is 4.94. The second kappa shape index (κ2) is 6.50. The van der Waals surface area contributed by atoms with Crippen LogP contribution < -0.4 is 0 Å². The molecule has 1 heterocycles. The second-order valence-electron chi connectivity index (χ2n) is 3.65. The highest BCUT2D eigenvalue weighted by atomic mass is 35.5. The summed E-state index contributed by atoms with van der Waals surface area (Å²) >= 11 is 7.43. The van der Waals surface area contributed by atoms with Gasteiger partial charge in [0, 0.05) is 10.4 Å². The van der Waals surface area contributed by atoms with Gasteiger partial charge in [-0.2, -0.15) is 0 Å². The van der Waals surface area contributed by atoms with Gasteiger partial charge in [-0.15, -0.1) is 11.3 Å². The summed E-state index contributed by atoms with van der Waals surface area (Å²) in [6, 6.07) is 7.53. The lowest BCUT2D eigenvalue weighted by Crippen LogP contribution is -2.04. The number of hydrogen-bond acceptors (Lipinski definition) is 4. The van der Waals surface area contributed by atoms with Gasteiger partial charge in [0.1, 0.15) is 5.01 Å². The highest BCUT2D eigenvalue weighted by Crippen LogP contribution is 2.19. The van der Waals surface area contributed by atoms with Gasteiger partial charge in [0.25, 0.3) is 0 Å². The van der Waals surface area contributed by atoms with Gasteiger partial charge in [-0.1, -0.05) is 35.9 Å². The molecule has 0 bridgehead atoms. The van der Waals surface area contributed by atoms with Crippen LogP contribution in [0.5, 0.6) is 0 Å². The van der Waals surface area contributed by atoms with Gasteiger partial charge in [-0.25, -0.2) is 9.78 Å². The summed E-state index contributed by atoms with van der Waals surface area (Å²) in [7, 11) is 0. The average molecular weight is 294 g/mol. The molecule has 0 fully saturated rings. The van der Waals surface area contributed by atoms with E-state index < -0.39 is 5.97 Å². The zero-order chi connectivity index (χ0) is 13.7. The molecule has 19 heavy (non-hydrogen) atoms. The molecule has 0 unspecified atom stereocenters. The van der Waals surface area contributed by atoms with Gasteiger partial charge < -0.3 is 4.74 Å². The maximum Gasteiger partial charge on any atom is 0.357 e. The van der Waals surface area contributed by atoms with Crippen LogP contribution in [0.1, 0.15) is 28.0 Å². The Hall–Kier alpha value is -1.65. The molecule has 0 amide bonds. The summed E-state index contributed by atoms with van der Waals surface area (Å²) in [6.45, 7) is 2.11. The van der Waals surface area contributed by atoms with Crippen molar-refractivity contribution in [2.75, 3.05) is 6.61 Å². The molecular formula is C14H12ClNO2S. The van der Waals surface area contributed by atoms with E-state index in [1.165, 1.54) is 11.3 Å². The van der Waals surface area contributed by atoms with E-state index in [1.807, 2.05) is 36.4 Å². The van der Waals surface area contributed by atoms with E-state index in [9.17, 15) is 4.79 Å². The number of aromatic nitrogens is 1. The standard InChI is InChI=1S/C14H12ClNO2S/c1-2-18-14(17)12-9-19-13(16-12)8-7-10-5-3-4-6-11(10)15/h3-9H,2H2,1H3.